The molecule has 4 rings (SSSR count). The van der Waals surface area contributed by atoms with Crippen molar-refractivity contribution in [3.8, 4) is 5.88 Å². The van der Waals surface area contributed by atoms with E-state index in [0.29, 0.717) is 10.8 Å². The average molecular weight is 392 g/mol. The number of aromatic nitrogens is 3. The number of nitrogens with zero attached hydrogens (tertiary/aromatic N) is 4. The predicted octanol–water partition coefficient (Wildman–Crippen LogP) is 2.46. The number of primary amides is 1. The summed E-state index contributed by atoms with van der Waals surface area (Å²) in [6.45, 7) is 5.44. The topological polar surface area (TPSA) is 96.8 Å². The number of thiazole rings is 1. The molecular formula is C17H21N5O2S2. The first-order chi connectivity index (χ1) is 12.5. The Bertz CT molecular complexity index is 952. The lowest BCUT2D eigenvalue weighted by molar-refractivity contribution is -0.123. The molecule has 0 spiro atoms. The first kappa shape index (κ1) is 17.4. The molecule has 1 amide bonds. The van der Waals surface area contributed by atoms with Crippen LogP contribution in [0.5, 0.6) is 5.88 Å². The summed E-state index contributed by atoms with van der Waals surface area (Å²) >= 11 is 3.16. The first-order valence-corrected chi connectivity index (χ1v) is 10.3. The molecule has 4 heterocycles. The van der Waals surface area contributed by atoms with Gasteiger partial charge in [-0.15, -0.1) is 16.4 Å². The zero-order valence-corrected chi connectivity index (χ0v) is 16.3. The van der Waals surface area contributed by atoms with Crippen molar-refractivity contribution in [1.82, 2.24) is 19.5 Å². The number of carbonyl (C=O) groups is 1. The molecule has 0 radical (unpaired) electrons. The van der Waals surface area contributed by atoms with Crippen LogP contribution in [0.15, 0.2) is 11.4 Å². The highest BCUT2D eigenvalue weighted by molar-refractivity contribution is 7.17. The SMILES string of the molecule is Cc1nc2sc([C@H](c3sccc3C)N3CCC(C(N)=O)CC3)c(O)n2n1. The van der Waals surface area contributed by atoms with Crippen molar-refractivity contribution >= 4 is 33.5 Å². The van der Waals surface area contributed by atoms with Gasteiger partial charge in [-0.1, -0.05) is 11.3 Å². The summed E-state index contributed by atoms with van der Waals surface area (Å²) in [5.41, 5.74) is 6.68. The zero-order valence-electron chi connectivity index (χ0n) is 14.7. The molecule has 3 N–H and O–H groups in total. The minimum Gasteiger partial charge on any atom is -0.492 e. The summed E-state index contributed by atoms with van der Waals surface area (Å²) in [5.74, 6) is 0.519. The van der Waals surface area contributed by atoms with E-state index in [-0.39, 0.29) is 23.7 Å². The number of likely N-dealkylation sites (tertiary alicyclic amines) is 1. The largest absolute Gasteiger partial charge is 0.492 e. The lowest BCUT2D eigenvalue weighted by Gasteiger charge is -2.36. The Kier molecular flexibility index (Phi) is 4.45. The molecule has 9 heteroatoms. The average Bonchev–Trinajstić information content (AvgIpc) is 3.27. The fourth-order valence-electron chi connectivity index (χ4n) is 3.58. The molecule has 26 heavy (non-hydrogen) atoms. The van der Waals surface area contributed by atoms with Crippen LogP contribution < -0.4 is 5.73 Å². The summed E-state index contributed by atoms with van der Waals surface area (Å²) in [5, 5.41) is 17.2. The predicted molar refractivity (Wildman–Crippen MR) is 102 cm³/mol. The third-order valence-electron chi connectivity index (χ3n) is 5.00. The van der Waals surface area contributed by atoms with Gasteiger partial charge in [-0.2, -0.15) is 4.52 Å². The van der Waals surface area contributed by atoms with E-state index in [1.807, 2.05) is 6.92 Å². The van der Waals surface area contributed by atoms with Gasteiger partial charge in [0.2, 0.25) is 16.7 Å². The smallest absolute Gasteiger partial charge is 0.230 e. The van der Waals surface area contributed by atoms with Crippen LogP contribution in [0.25, 0.3) is 4.96 Å². The molecule has 0 aromatic carbocycles. The van der Waals surface area contributed by atoms with E-state index in [0.717, 1.165) is 30.8 Å². The summed E-state index contributed by atoms with van der Waals surface area (Å²) in [6, 6.07) is 2.04. The van der Waals surface area contributed by atoms with E-state index in [9.17, 15) is 9.90 Å². The Morgan fingerprint density at radius 1 is 1.35 bits per heavy atom. The Balaban J connectivity index is 1.74. The lowest BCUT2D eigenvalue weighted by Crippen LogP contribution is -2.40. The molecule has 1 atom stereocenters. The van der Waals surface area contributed by atoms with Gasteiger partial charge in [-0.25, -0.2) is 4.98 Å². The number of carbonyl (C=O) groups excluding carboxylic acids is 1. The normalized spacial score (nSPS) is 17.8. The Morgan fingerprint density at radius 3 is 2.65 bits per heavy atom. The molecule has 0 bridgehead atoms. The van der Waals surface area contributed by atoms with Crippen LogP contribution in [-0.4, -0.2) is 43.6 Å². The number of fused-ring (bicyclic) bond motifs is 1. The fourth-order valence-corrected chi connectivity index (χ4v) is 5.87. The molecule has 0 saturated carbocycles. The van der Waals surface area contributed by atoms with Crippen LogP contribution in [0.3, 0.4) is 0 Å². The van der Waals surface area contributed by atoms with Gasteiger partial charge in [0.15, 0.2) is 0 Å². The minimum absolute atomic E-state index is 0.0577. The van der Waals surface area contributed by atoms with Gasteiger partial charge in [-0.05, 0) is 56.8 Å². The molecule has 0 aliphatic carbocycles. The number of thiophene rings is 1. The number of hydrogen-bond acceptors (Lipinski definition) is 7. The van der Waals surface area contributed by atoms with Crippen LogP contribution in [0, 0.1) is 19.8 Å². The van der Waals surface area contributed by atoms with E-state index in [4.69, 9.17) is 5.73 Å². The number of aromatic hydroxyl groups is 1. The Hall–Kier alpha value is -1.97. The Morgan fingerprint density at radius 2 is 2.08 bits per heavy atom. The van der Waals surface area contributed by atoms with E-state index in [2.05, 4.69) is 33.4 Å². The summed E-state index contributed by atoms with van der Waals surface area (Å²) in [4.78, 5) is 21.0. The number of aryl methyl sites for hydroxylation is 2. The molecular weight excluding hydrogens is 370 g/mol. The minimum atomic E-state index is -0.217. The Labute approximate surface area is 159 Å². The van der Waals surface area contributed by atoms with Gasteiger partial charge in [0.05, 0.1) is 10.9 Å². The lowest BCUT2D eigenvalue weighted by atomic mass is 9.94. The number of piperidine rings is 1. The highest BCUT2D eigenvalue weighted by atomic mass is 32.1. The van der Waals surface area contributed by atoms with Crippen molar-refractivity contribution in [2.24, 2.45) is 11.7 Å². The van der Waals surface area contributed by atoms with Gasteiger partial charge < -0.3 is 10.8 Å². The number of rotatable bonds is 4. The molecule has 1 aliphatic heterocycles. The monoisotopic (exact) mass is 391 g/mol. The summed E-state index contributed by atoms with van der Waals surface area (Å²) in [6.07, 6.45) is 1.49. The number of nitrogens with two attached hydrogens (primary N) is 1. The number of hydrogen-bond donors (Lipinski definition) is 2. The van der Waals surface area contributed by atoms with Crippen molar-refractivity contribution in [2.75, 3.05) is 13.1 Å². The van der Waals surface area contributed by atoms with Crippen LogP contribution in [0.2, 0.25) is 0 Å². The highest BCUT2D eigenvalue weighted by Gasteiger charge is 2.34. The van der Waals surface area contributed by atoms with Crippen LogP contribution in [-0.2, 0) is 4.79 Å². The molecule has 3 aromatic heterocycles. The third-order valence-corrected chi connectivity index (χ3v) is 7.14. The van der Waals surface area contributed by atoms with Crippen molar-refractivity contribution in [3.63, 3.8) is 0 Å². The molecule has 7 nitrogen and oxygen atoms in total. The van der Waals surface area contributed by atoms with E-state index in [1.165, 1.54) is 26.3 Å². The van der Waals surface area contributed by atoms with Crippen molar-refractivity contribution in [2.45, 2.75) is 32.7 Å². The van der Waals surface area contributed by atoms with Crippen LogP contribution >= 0.6 is 22.7 Å². The van der Waals surface area contributed by atoms with Crippen molar-refractivity contribution < 1.29 is 9.90 Å². The third kappa shape index (κ3) is 2.89. The van der Waals surface area contributed by atoms with Gasteiger partial charge in [0.25, 0.3) is 0 Å². The molecule has 3 aromatic rings. The van der Waals surface area contributed by atoms with Crippen molar-refractivity contribution in [3.05, 3.63) is 32.6 Å². The standard InChI is InChI=1S/C17H21N5O2S2/c1-9-5-8-25-13(9)12(21-6-3-11(4-7-21)15(18)23)14-16(24)22-17(26-14)19-10(2)20-22/h5,8,11-12,24H,3-4,6-7H2,1-2H3,(H2,18,23)/t12-/m0/s1. The van der Waals surface area contributed by atoms with Gasteiger partial charge >= 0.3 is 0 Å². The van der Waals surface area contributed by atoms with Crippen LogP contribution in [0.1, 0.15) is 40.0 Å². The van der Waals surface area contributed by atoms with Gasteiger partial charge in [0.1, 0.15) is 5.82 Å². The van der Waals surface area contributed by atoms with E-state index >= 15 is 0 Å². The fraction of sp³-hybridized carbons (Fsp3) is 0.471. The van der Waals surface area contributed by atoms with Gasteiger partial charge in [-0.3, -0.25) is 9.69 Å². The quantitative estimate of drug-likeness (QED) is 0.712. The molecule has 138 valence electrons. The van der Waals surface area contributed by atoms with E-state index in [1.54, 1.807) is 11.3 Å². The zero-order chi connectivity index (χ0) is 18.4. The van der Waals surface area contributed by atoms with Crippen LogP contribution in [0.4, 0.5) is 0 Å². The summed E-state index contributed by atoms with van der Waals surface area (Å²) < 4.78 is 1.52. The first-order valence-electron chi connectivity index (χ1n) is 8.58. The maximum Gasteiger partial charge on any atom is 0.230 e. The highest BCUT2D eigenvalue weighted by Crippen LogP contribution is 2.43. The second-order valence-corrected chi connectivity index (χ2v) is 8.68. The maximum atomic E-state index is 11.5. The molecule has 1 fully saturated rings. The number of amides is 1. The molecule has 1 saturated heterocycles. The summed E-state index contributed by atoms with van der Waals surface area (Å²) in [7, 11) is 0. The van der Waals surface area contributed by atoms with E-state index < -0.39 is 0 Å². The van der Waals surface area contributed by atoms with Crippen molar-refractivity contribution in [1.29, 1.82) is 0 Å². The maximum absolute atomic E-state index is 11.5. The molecule has 1 aliphatic rings. The second kappa shape index (κ2) is 6.64. The second-order valence-electron chi connectivity index (χ2n) is 6.73. The van der Waals surface area contributed by atoms with Gasteiger partial charge in [0, 0.05) is 10.8 Å². The molecule has 0 unspecified atom stereocenters.